The van der Waals surface area contributed by atoms with Crippen LogP contribution in [0.25, 0.3) is 99.5 Å². The summed E-state index contributed by atoms with van der Waals surface area (Å²) in [5.41, 5.74) is 7.67. The molecular formula is C49H31N3. The van der Waals surface area contributed by atoms with E-state index in [1.807, 2.05) is 18.2 Å². The molecule has 0 amide bonds. The molecule has 0 spiro atoms. The Morgan fingerprint density at radius 3 is 1.42 bits per heavy atom. The summed E-state index contributed by atoms with van der Waals surface area (Å²) in [5, 5.41) is 9.61. The molecule has 0 unspecified atom stereocenters. The molecule has 0 fully saturated rings. The number of rotatable bonds is 5. The van der Waals surface area contributed by atoms with E-state index < -0.39 is 0 Å². The third kappa shape index (κ3) is 5.19. The van der Waals surface area contributed by atoms with E-state index in [-0.39, 0.29) is 0 Å². The van der Waals surface area contributed by atoms with Crippen LogP contribution in [0.4, 0.5) is 0 Å². The lowest BCUT2D eigenvalue weighted by Gasteiger charge is -2.14. The Morgan fingerprint density at radius 2 is 0.712 bits per heavy atom. The van der Waals surface area contributed by atoms with Crippen molar-refractivity contribution in [3.8, 4) is 56.4 Å². The van der Waals surface area contributed by atoms with Crippen LogP contribution < -0.4 is 0 Å². The van der Waals surface area contributed by atoms with Crippen molar-refractivity contribution in [1.29, 1.82) is 0 Å². The van der Waals surface area contributed by atoms with Gasteiger partial charge in [-0.25, -0.2) is 15.0 Å². The van der Waals surface area contributed by atoms with Crippen LogP contribution >= 0.6 is 0 Å². The SMILES string of the molecule is c1ccc(-c2nc(-c3ccc4cc(-c5cc6ccccc6c6ccccc56)ccc4c3)nc(-c3ccc(-c4ccccc4)c4ccccc34)n2)cc1. The van der Waals surface area contributed by atoms with Crippen molar-refractivity contribution in [3.63, 3.8) is 0 Å². The molecule has 0 radical (unpaired) electrons. The molecule has 0 aliphatic carbocycles. The fourth-order valence-electron chi connectivity index (χ4n) is 7.55. The Bertz CT molecular complexity index is 2950. The zero-order valence-corrected chi connectivity index (χ0v) is 28.2. The molecule has 0 saturated heterocycles. The third-order valence-electron chi connectivity index (χ3n) is 10.1. The van der Waals surface area contributed by atoms with Crippen LogP contribution in [-0.2, 0) is 0 Å². The van der Waals surface area contributed by atoms with Crippen LogP contribution in [0.15, 0.2) is 188 Å². The van der Waals surface area contributed by atoms with Gasteiger partial charge in [0.1, 0.15) is 0 Å². The van der Waals surface area contributed by atoms with Crippen molar-refractivity contribution < 1.29 is 0 Å². The first-order valence-corrected chi connectivity index (χ1v) is 17.6. The van der Waals surface area contributed by atoms with Gasteiger partial charge in [0.2, 0.25) is 0 Å². The van der Waals surface area contributed by atoms with Crippen molar-refractivity contribution in [3.05, 3.63) is 188 Å². The largest absolute Gasteiger partial charge is 0.208 e. The highest BCUT2D eigenvalue weighted by atomic mass is 15.0. The molecule has 3 nitrogen and oxygen atoms in total. The van der Waals surface area contributed by atoms with Gasteiger partial charge in [-0.05, 0) is 89.6 Å². The van der Waals surface area contributed by atoms with Crippen LogP contribution in [0.2, 0.25) is 0 Å². The van der Waals surface area contributed by atoms with Gasteiger partial charge in [-0.1, -0.05) is 164 Å². The summed E-state index contributed by atoms with van der Waals surface area (Å²) in [6.45, 7) is 0. The Labute approximate surface area is 301 Å². The number of hydrogen-bond acceptors (Lipinski definition) is 3. The van der Waals surface area contributed by atoms with Gasteiger partial charge in [-0.2, -0.15) is 0 Å². The average Bonchev–Trinajstić information content (AvgIpc) is 3.23. The van der Waals surface area contributed by atoms with Crippen LogP contribution in [0.1, 0.15) is 0 Å². The predicted octanol–water partition coefficient (Wildman–Crippen LogP) is 12.8. The van der Waals surface area contributed by atoms with E-state index in [2.05, 4.69) is 170 Å². The Hall–Kier alpha value is -6.97. The minimum atomic E-state index is 0.645. The van der Waals surface area contributed by atoms with Gasteiger partial charge in [-0.3, -0.25) is 0 Å². The Kier molecular flexibility index (Phi) is 7.14. The number of hydrogen-bond donors (Lipinski definition) is 0. The quantitative estimate of drug-likeness (QED) is 0.172. The first kappa shape index (κ1) is 29.9. The molecule has 1 heterocycles. The first-order chi connectivity index (χ1) is 25.8. The lowest BCUT2D eigenvalue weighted by atomic mass is 9.92. The van der Waals surface area contributed by atoms with Crippen molar-refractivity contribution in [2.75, 3.05) is 0 Å². The predicted molar refractivity (Wildman–Crippen MR) is 217 cm³/mol. The average molecular weight is 662 g/mol. The molecule has 9 aromatic carbocycles. The third-order valence-corrected chi connectivity index (χ3v) is 10.1. The number of benzene rings is 9. The molecule has 52 heavy (non-hydrogen) atoms. The van der Waals surface area contributed by atoms with E-state index in [0.29, 0.717) is 17.5 Å². The molecule has 0 aliphatic rings. The van der Waals surface area contributed by atoms with Crippen molar-refractivity contribution in [2.24, 2.45) is 0 Å². The Morgan fingerprint density at radius 1 is 0.231 bits per heavy atom. The van der Waals surface area contributed by atoms with Crippen LogP contribution in [0, 0.1) is 0 Å². The fraction of sp³-hybridized carbons (Fsp3) is 0. The zero-order chi connectivity index (χ0) is 34.4. The van der Waals surface area contributed by atoms with Gasteiger partial charge >= 0.3 is 0 Å². The van der Waals surface area contributed by atoms with Gasteiger partial charge in [0.15, 0.2) is 17.5 Å². The van der Waals surface area contributed by atoms with E-state index in [0.717, 1.165) is 32.8 Å². The van der Waals surface area contributed by atoms with E-state index in [1.165, 1.54) is 49.2 Å². The maximum Gasteiger partial charge on any atom is 0.164 e. The summed E-state index contributed by atoms with van der Waals surface area (Å²) in [6, 6.07) is 66.5. The van der Waals surface area contributed by atoms with E-state index >= 15 is 0 Å². The molecule has 0 N–H and O–H groups in total. The Balaban J connectivity index is 1.11. The lowest BCUT2D eigenvalue weighted by molar-refractivity contribution is 1.08. The topological polar surface area (TPSA) is 38.7 Å². The summed E-state index contributed by atoms with van der Waals surface area (Å²) in [6.07, 6.45) is 0. The van der Waals surface area contributed by atoms with Crippen LogP contribution in [0.5, 0.6) is 0 Å². The molecule has 0 atom stereocenters. The summed E-state index contributed by atoms with van der Waals surface area (Å²) in [7, 11) is 0. The monoisotopic (exact) mass is 661 g/mol. The van der Waals surface area contributed by atoms with Crippen molar-refractivity contribution >= 4 is 43.1 Å². The van der Waals surface area contributed by atoms with Crippen molar-refractivity contribution in [2.45, 2.75) is 0 Å². The van der Waals surface area contributed by atoms with Gasteiger partial charge in [0, 0.05) is 16.7 Å². The maximum atomic E-state index is 5.16. The fourth-order valence-corrected chi connectivity index (χ4v) is 7.55. The van der Waals surface area contributed by atoms with E-state index in [9.17, 15) is 0 Å². The van der Waals surface area contributed by atoms with Gasteiger partial charge in [0.05, 0.1) is 0 Å². The highest BCUT2D eigenvalue weighted by Crippen LogP contribution is 2.38. The second-order valence-corrected chi connectivity index (χ2v) is 13.2. The number of fused-ring (bicyclic) bond motifs is 5. The molecule has 242 valence electrons. The van der Waals surface area contributed by atoms with Gasteiger partial charge in [0.25, 0.3) is 0 Å². The molecule has 0 aliphatic heterocycles. The number of nitrogens with zero attached hydrogens (tertiary/aromatic N) is 3. The molecular weight excluding hydrogens is 631 g/mol. The molecule has 0 saturated carbocycles. The summed E-state index contributed by atoms with van der Waals surface area (Å²) in [4.78, 5) is 15.3. The minimum absolute atomic E-state index is 0.645. The second kappa shape index (κ2) is 12.4. The molecule has 3 heteroatoms. The lowest BCUT2D eigenvalue weighted by Crippen LogP contribution is -2.00. The minimum Gasteiger partial charge on any atom is -0.208 e. The van der Waals surface area contributed by atoms with Crippen molar-refractivity contribution in [1.82, 2.24) is 15.0 Å². The van der Waals surface area contributed by atoms with Crippen LogP contribution in [0.3, 0.4) is 0 Å². The van der Waals surface area contributed by atoms with Gasteiger partial charge in [-0.15, -0.1) is 0 Å². The maximum absolute atomic E-state index is 5.16. The van der Waals surface area contributed by atoms with Gasteiger partial charge < -0.3 is 0 Å². The molecule has 0 bridgehead atoms. The smallest absolute Gasteiger partial charge is 0.164 e. The van der Waals surface area contributed by atoms with E-state index in [1.54, 1.807) is 0 Å². The summed E-state index contributed by atoms with van der Waals surface area (Å²) < 4.78 is 0. The molecule has 10 rings (SSSR count). The van der Waals surface area contributed by atoms with Crippen LogP contribution in [-0.4, -0.2) is 15.0 Å². The van der Waals surface area contributed by atoms with E-state index in [4.69, 9.17) is 15.0 Å². The molecule has 1 aromatic heterocycles. The first-order valence-electron chi connectivity index (χ1n) is 17.6. The zero-order valence-electron chi connectivity index (χ0n) is 28.2. The number of aromatic nitrogens is 3. The normalized spacial score (nSPS) is 11.5. The highest BCUT2D eigenvalue weighted by Gasteiger charge is 2.17. The second-order valence-electron chi connectivity index (χ2n) is 13.2. The summed E-state index contributed by atoms with van der Waals surface area (Å²) in [5.74, 6) is 1.94. The summed E-state index contributed by atoms with van der Waals surface area (Å²) >= 11 is 0. The highest BCUT2D eigenvalue weighted by molar-refractivity contribution is 6.14. The standard InChI is InChI=1S/C49H31N3/c1-3-13-32(14-4-1)40-27-28-45(43-21-11-9-20-42(40)43)49-51-47(33-15-5-2-6-16-33)50-48(52-49)38-26-24-34-29-37(25-23-35(34)30-38)46-31-36-17-7-8-18-39(36)41-19-10-12-22-44(41)46/h1-31H. The molecule has 10 aromatic rings.